The topological polar surface area (TPSA) is 64.6 Å². The number of amides is 1. The Morgan fingerprint density at radius 1 is 1.35 bits per heavy atom. The molecule has 0 aliphatic carbocycles. The predicted octanol–water partition coefficient (Wildman–Crippen LogP) is 0.525. The number of rotatable bonds is 6. The van der Waals surface area contributed by atoms with Crippen LogP contribution < -0.4 is 10.1 Å². The number of hydrogen-bond donors (Lipinski definition) is 1. The highest BCUT2D eigenvalue weighted by molar-refractivity contribution is 5.78. The van der Waals surface area contributed by atoms with Gasteiger partial charge in [-0.2, -0.15) is 0 Å². The maximum absolute atomic E-state index is 11.4. The average molecular weight is 237 g/mol. The Hall–Kier alpha value is -2.04. The predicted molar refractivity (Wildman–Crippen MR) is 61.7 cm³/mol. The van der Waals surface area contributed by atoms with E-state index < -0.39 is 12.0 Å². The van der Waals surface area contributed by atoms with Crippen molar-refractivity contribution in [3.05, 3.63) is 29.8 Å². The molecule has 1 N–H and O–H groups in total. The molecule has 92 valence electrons. The zero-order valence-electron chi connectivity index (χ0n) is 9.80. The summed E-state index contributed by atoms with van der Waals surface area (Å²) in [5.74, 6) is 0.277. The molecule has 1 rings (SSSR count). The second-order valence-electron chi connectivity index (χ2n) is 3.41. The van der Waals surface area contributed by atoms with Gasteiger partial charge in [0.15, 0.2) is 0 Å². The number of ether oxygens (including phenoxy) is 2. The van der Waals surface area contributed by atoms with Gasteiger partial charge in [-0.25, -0.2) is 4.79 Å². The van der Waals surface area contributed by atoms with Crippen molar-refractivity contribution in [2.24, 2.45) is 0 Å². The van der Waals surface area contributed by atoms with Gasteiger partial charge in [-0.3, -0.25) is 4.79 Å². The number of carbonyl (C=O) groups is 2. The molecule has 0 bridgehead atoms. The molecule has 0 saturated carbocycles. The van der Waals surface area contributed by atoms with Crippen molar-refractivity contribution in [3.8, 4) is 5.75 Å². The van der Waals surface area contributed by atoms with E-state index in [4.69, 9.17) is 4.74 Å². The molecule has 0 radical (unpaired) electrons. The minimum absolute atomic E-state index is 0.384. The summed E-state index contributed by atoms with van der Waals surface area (Å²) in [4.78, 5) is 21.7. The molecule has 0 fully saturated rings. The summed E-state index contributed by atoms with van der Waals surface area (Å²) < 4.78 is 9.62. The molecule has 0 unspecified atom stereocenters. The minimum atomic E-state index is -0.661. The van der Waals surface area contributed by atoms with E-state index in [1.54, 1.807) is 19.2 Å². The highest BCUT2D eigenvalue weighted by atomic mass is 16.5. The average Bonchev–Trinajstić information content (AvgIpc) is 2.38. The number of esters is 1. The normalized spacial score (nSPS) is 11.4. The van der Waals surface area contributed by atoms with E-state index >= 15 is 0 Å². The molecular weight excluding hydrogens is 222 g/mol. The second-order valence-corrected chi connectivity index (χ2v) is 3.41. The quantitative estimate of drug-likeness (QED) is 0.579. The summed E-state index contributed by atoms with van der Waals surface area (Å²) in [6.07, 6.45) is 0.876. The van der Waals surface area contributed by atoms with Crippen molar-refractivity contribution in [3.63, 3.8) is 0 Å². The Balaban J connectivity index is 2.71. The minimum Gasteiger partial charge on any atom is -0.497 e. The zero-order valence-corrected chi connectivity index (χ0v) is 9.80. The molecule has 17 heavy (non-hydrogen) atoms. The van der Waals surface area contributed by atoms with Crippen molar-refractivity contribution in [1.29, 1.82) is 0 Å². The summed E-state index contributed by atoms with van der Waals surface area (Å²) >= 11 is 0. The summed E-state index contributed by atoms with van der Waals surface area (Å²) in [6, 6.07) is 6.60. The molecule has 1 amide bonds. The molecular formula is C12H15NO4. The van der Waals surface area contributed by atoms with Crippen LogP contribution in [0, 0.1) is 0 Å². The molecule has 0 saturated heterocycles. The van der Waals surface area contributed by atoms with E-state index in [-0.39, 0.29) is 0 Å². The van der Waals surface area contributed by atoms with Crippen LogP contribution in [0.4, 0.5) is 0 Å². The highest BCUT2D eigenvalue weighted by Gasteiger charge is 2.18. The van der Waals surface area contributed by atoms with Crippen molar-refractivity contribution < 1.29 is 19.1 Å². The third-order valence-electron chi connectivity index (χ3n) is 2.35. The van der Waals surface area contributed by atoms with Crippen LogP contribution in [0.15, 0.2) is 24.3 Å². The molecule has 0 aliphatic heterocycles. The summed E-state index contributed by atoms with van der Waals surface area (Å²) in [7, 11) is 2.87. The fourth-order valence-corrected chi connectivity index (χ4v) is 1.43. The molecule has 0 aromatic heterocycles. The van der Waals surface area contributed by atoms with Crippen LogP contribution >= 0.6 is 0 Å². The van der Waals surface area contributed by atoms with Crippen LogP contribution in [0.2, 0.25) is 0 Å². The van der Waals surface area contributed by atoms with E-state index in [1.165, 1.54) is 7.11 Å². The van der Waals surface area contributed by atoms with Gasteiger partial charge in [-0.05, 0) is 17.7 Å². The smallest absolute Gasteiger partial charge is 0.328 e. The molecule has 5 heteroatoms. The van der Waals surface area contributed by atoms with Crippen LogP contribution in [0.3, 0.4) is 0 Å². The van der Waals surface area contributed by atoms with Gasteiger partial charge in [0.05, 0.1) is 14.2 Å². The first-order chi connectivity index (χ1) is 8.21. The second kappa shape index (κ2) is 6.52. The van der Waals surface area contributed by atoms with Crippen LogP contribution in [0.25, 0.3) is 0 Å². The van der Waals surface area contributed by atoms with Crippen molar-refractivity contribution in [1.82, 2.24) is 5.32 Å². The van der Waals surface area contributed by atoms with Gasteiger partial charge in [0.1, 0.15) is 11.8 Å². The van der Waals surface area contributed by atoms with E-state index in [9.17, 15) is 9.59 Å². The Morgan fingerprint density at radius 3 is 2.47 bits per heavy atom. The maximum atomic E-state index is 11.4. The van der Waals surface area contributed by atoms with Gasteiger partial charge in [0, 0.05) is 6.42 Å². The number of nitrogens with one attached hydrogen (secondary N) is 1. The highest BCUT2D eigenvalue weighted by Crippen LogP contribution is 2.12. The van der Waals surface area contributed by atoms with Crippen LogP contribution in [0.1, 0.15) is 5.56 Å². The lowest BCUT2D eigenvalue weighted by atomic mass is 10.1. The fourth-order valence-electron chi connectivity index (χ4n) is 1.43. The van der Waals surface area contributed by atoms with Crippen molar-refractivity contribution in [2.75, 3.05) is 14.2 Å². The zero-order chi connectivity index (χ0) is 12.7. The number of benzene rings is 1. The number of hydrogen-bond acceptors (Lipinski definition) is 4. The van der Waals surface area contributed by atoms with E-state index in [1.807, 2.05) is 12.1 Å². The van der Waals surface area contributed by atoms with Crippen molar-refractivity contribution in [2.45, 2.75) is 12.5 Å². The lowest BCUT2D eigenvalue weighted by Crippen LogP contribution is -2.38. The monoisotopic (exact) mass is 237 g/mol. The first-order valence-electron chi connectivity index (χ1n) is 5.11. The summed E-state index contributed by atoms with van der Waals surface area (Å²) in [6.45, 7) is 0. The third-order valence-corrected chi connectivity index (χ3v) is 2.35. The molecule has 1 aromatic rings. The maximum Gasteiger partial charge on any atom is 0.328 e. The van der Waals surface area contributed by atoms with Gasteiger partial charge < -0.3 is 14.8 Å². The molecule has 0 aliphatic rings. The van der Waals surface area contributed by atoms with Gasteiger partial charge >= 0.3 is 5.97 Å². The van der Waals surface area contributed by atoms with Gasteiger partial charge in [0.2, 0.25) is 6.41 Å². The Kier molecular flexibility index (Phi) is 5.00. The van der Waals surface area contributed by atoms with E-state index in [0.717, 1.165) is 11.3 Å². The van der Waals surface area contributed by atoms with Crippen LogP contribution in [0.5, 0.6) is 5.75 Å². The van der Waals surface area contributed by atoms with Gasteiger partial charge in [-0.1, -0.05) is 12.1 Å². The fraction of sp³-hybridized carbons (Fsp3) is 0.333. The first kappa shape index (κ1) is 13.0. The Morgan fingerprint density at radius 2 is 2.00 bits per heavy atom. The van der Waals surface area contributed by atoms with E-state index in [2.05, 4.69) is 10.1 Å². The van der Waals surface area contributed by atoms with E-state index in [0.29, 0.717) is 12.8 Å². The number of methoxy groups -OCH3 is 2. The Labute approximate surface area is 99.7 Å². The van der Waals surface area contributed by atoms with Gasteiger partial charge in [0.25, 0.3) is 0 Å². The van der Waals surface area contributed by atoms with Crippen molar-refractivity contribution >= 4 is 12.4 Å². The molecule has 1 aromatic carbocycles. The SMILES string of the molecule is COC(=O)[C@H](Cc1ccc(OC)cc1)NC=O. The first-order valence-corrected chi connectivity index (χ1v) is 5.11. The molecule has 0 spiro atoms. The number of carbonyl (C=O) groups excluding carboxylic acids is 2. The lowest BCUT2D eigenvalue weighted by Gasteiger charge is -2.13. The largest absolute Gasteiger partial charge is 0.497 e. The Bertz CT molecular complexity index is 375. The molecule has 1 atom stereocenters. The van der Waals surface area contributed by atoms with Gasteiger partial charge in [-0.15, -0.1) is 0 Å². The molecule has 5 nitrogen and oxygen atoms in total. The van der Waals surface area contributed by atoms with Crippen LogP contribution in [-0.4, -0.2) is 32.6 Å². The third kappa shape index (κ3) is 3.79. The standard InChI is InChI=1S/C12H15NO4/c1-16-10-5-3-9(4-6-10)7-11(13-8-14)12(15)17-2/h3-6,8,11H,7H2,1-2H3,(H,13,14)/t11-/m0/s1. The lowest BCUT2D eigenvalue weighted by molar-refractivity contribution is -0.144. The molecule has 0 heterocycles. The summed E-state index contributed by atoms with van der Waals surface area (Å²) in [5.41, 5.74) is 0.913. The van der Waals surface area contributed by atoms with Crippen LogP contribution in [-0.2, 0) is 20.7 Å². The summed E-state index contributed by atoms with van der Waals surface area (Å²) in [5, 5.41) is 2.42.